The van der Waals surface area contributed by atoms with Crippen molar-refractivity contribution < 1.29 is 22.0 Å². The monoisotopic (exact) mass is 579 g/mol. The molecule has 4 aromatic heterocycles. The highest BCUT2D eigenvalue weighted by Gasteiger charge is 2.39. The standard InChI is InChI=1S/C27H19ClFN5O5S/c28-17-9-20-19(31-12-32-20)8-13(17)11-34-21-10-18(29)15-5-7-39-25(15)23(21)22(16-2-1-6-30-26(16)35)24(34)27(36)33-40(37,38)14-3-4-14/h1-2,5-10,12,14H,3-4,11H2,(H,30,35)(H,31,32)(H,33,36). The fourth-order valence-corrected chi connectivity index (χ4v) is 6.61. The fraction of sp³-hybridized carbons (Fsp3) is 0.148. The van der Waals surface area contributed by atoms with Crippen molar-refractivity contribution >= 4 is 60.4 Å². The quantitative estimate of drug-likeness (QED) is 0.261. The van der Waals surface area contributed by atoms with Crippen LogP contribution < -0.4 is 10.3 Å². The van der Waals surface area contributed by atoms with Crippen LogP contribution in [-0.4, -0.2) is 39.1 Å². The number of hydrogen-bond acceptors (Lipinski definition) is 6. The van der Waals surface area contributed by atoms with Gasteiger partial charge in [0.25, 0.3) is 11.5 Å². The number of H-pyrrole nitrogens is 2. The molecule has 7 rings (SSSR count). The zero-order valence-electron chi connectivity index (χ0n) is 20.5. The molecule has 3 N–H and O–H groups in total. The van der Waals surface area contributed by atoms with E-state index in [1.165, 1.54) is 41.6 Å². The lowest BCUT2D eigenvalue weighted by Gasteiger charge is -2.14. The number of aromatic nitrogens is 4. The molecule has 1 amide bonds. The van der Waals surface area contributed by atoms with Crippen LogP contribution in [0.1, 0.15) is 28.9 Å². The Morgan fingerprint density at radius 2 is 2.05 bits per heavy atom. The molecule has 0 bridgehead atoms. The Morgan fingerprint density at radius 1 is 1.23 bits per heavy atom. The number of pyridine rings is 1. The molecule has 0 atom stereocenters. The summed E-state index contributed by atoms with van der Waals surface area (Å²) in [6.07, 6.45) is 5.14. The van der Waals surface area contributed by atoms with E-state index in [1.54, 1.807) is 18.2 Å². The number of carbonyl (C=O) groups is 1. The predicted octanol–water partition coefficient (Wildman–Crippen LogP) is 4.68. The van der Waals surface area contributed by atoms with Crippen LogP contribution in [0.4, 0.5) is 4.39 Å². The molecule has 0 aliphatic heterocycles. The second kappa shape index (κ2) is 8.80. The van der Waals surface area contributed by atoms with E-state index in [4.69, 9.17) is 16.0 Å². The van der Waals surface area contributed by atoms with Crippen LogP contribution in [-0.2, 0) is 16.6 Å². The zero-order valence-corrected chi connectivity index (χ0v) is 22.1. The zero-order chi connectivity index (χ0) is 27.8. The summed E-state index contributed by atoms with van der Waals surface area (Å²) in [7, 11) is -3.98. The van der Waals surface area contributed by atoms with Crippen LogP contribution >= 0.6 is 11.6 Å². The van der Waals surface area contributed by atoms with E-state index in [0.717, 1.165) is 0 Å². The average molecular weight is 580 g/mol. The first-order valence-corrected chi connectivity index (χ1v) is 14.2. The van der Waals surface area contributed by atoms with Gasteiger partial charge in [0.15, 0.2) is 0 Å². The van der Waals surface area contributed by atoms with Gasteiger partial charge in [-0.15, -0.1) is 0 Å². The van der Waals surface area contributed by atoms with Gasteiger partial charge < -0.3 is 19.0 Å². The van der Waals surface area contributed by atoms with E-state index < -0.39 is 32.6 Å². The van der Waals surface area contributed by atoms with E-state index in [1.807, 2.05) is 0 Å². The minimum Gasteiger partial charge on any atom is -0.463 e. The second-order valence-electron chi connectivity index (χ2n) is 9.68. The van der Waals surface area contributed by atoms with Crippen molar-refractivity contribution in [2.75, 3.05) is 0 Å². The van der Waals surface area contributed by atoms with E-state index in [9.17, 15) is 18.0 Å². The number of imidazole rings is 1. The number of carbonyl (C=O) groups excluding carboxylic acids is 1. The van der Waals surface area contributed by atoms with E-state index >= 15 is 4.39 Å². The van der Waals surface area contributed by atoms with Gasteiger partial charge in [0.2, 0.25) is 10.0 Å². The molecule has 0 unspecified atom stereocenters. The maximum Gasteiger partial charge on any atom is 0.282 e. The first-order chi connectivity index (χ1) is 19.2. The molecule has 0 saturated heterocycles. The van der Waals surface area contributed by atoms with E-state index in [-0.39, 0.29) is 45.2 Å². The minimum absolute atomic E-state index is 0.0626. The molecule has 4 heterocycles. The molecular formula is C27H19ClFN5O5S. The Labute approximate surface area is 229 Å². The molecule has 0 spiro atoms. The highest BCUT2D eigenvalue weighted by atomic mass is 35.5. The summed E-state index contributed by atoms with van der Waals surface area (Å²) in [4.78, 5) is 36.8. The van der Waals surface area contributed by atoms with Gasteiger partial charge in [-0.05, 0) is 54.8 Å². The summed E-state index contributed by atoms with van der Waals surface area (Å²) >= 11 is 6.60. The molecule has 2 aromatic carbocycles. The lowest BCUT2D eigenvalue weighted by molar-refractivity contribution is 0.0974. The summed E-state index contributed by atoms with van der Waals surface area (Å²) < 4.78 is 50.4. The minimum atomic E-state index is -3.98. The van der Waals surface area contributed by atoms with Crippen molar-refractivity contribution in [3.63, 3.8) is 0 Å². The summed E-state index contributed by atoms with van der Waals surface area (Å²) in [5.74, 6) is -1.57. The second-order valence-corrected chi connectivity index (χ2v) is 12.0. The molecule has 202 valence electrons. The lowest BCUT2D eigenvalue weighted by atomic mass is 10.0. The average Bonchev–Trinajstić information content (AvgIpc) is 3.37. The summed E-state index contributed by atoms with van der Waals surface area (Å²) in [6, 6.07) is 9.17. The number of fused-ring (bicyclic) bond motifs is 4. The Hall–Kier alpha value is -4.42. The van der Waals surface area contributed by atoms with Crippen LogP contribution in [0.3, 0.4) is 0 Å². The number of aromatic amines is 2. The van der Waals surface area contributed by atoms with Crippen LogP contribution in [0.15, 0.2) is 64.4 Å². The molecule has 10 nitrogen and oxygen atoms in total. The number of benzene rings is 2. The third kappa shape index (κ3) is 3.82. The molecule has 6 aromatic rings. The first kappa shape index (κ1) is 24.6. The van der Waals surface area contributed by atoms with Crippen molar-refractivity contribution in [2.24, 2.45) is 0 Å². The summed E-state index contributed by atoms with van der Waals surface area (Å²) in [6.45, 7) is -0.0626. The van der Waals surface area contributed by atoms with Crippen LogP contribution in [0.25, 0.3) is 44.0 Å². The van der Waals surface area contributed by atoms with Gasteiger partial charge in [-0.3, -0.25) is 9.59 Å². The van der Waals surface area contributed by atoms with Gasteiger partial charge in [0.05, 0.1) is 50.7 Å². The summed E-state index contributed by atoms with van der Waals surface area (Å²) in [5.41, 5.74) is 1.69. The highest BCUT2D eigenvalue weighted by Crippen LogP contribution is 2.41. The number of rotatable bonds is 6. The molecule has 13 heteroatoms. The molecule has 1 aliphatic carbocycles. The van der Waals surface area contributed by atoms with Crippen LogP contribution in [0, 0.1) is 5.82 Å². The van der Waals surface area contributed by atoms with E-state index in [2.05, 4.69) is 19.7 Å². The largest absolute Gasteiger partial charge is 0.463 e. The number of amides is 1. The first-order valence-electron chi connectivity index (χ1n) is 12.3. The number of nitrogens with zero attached hydrogens (tertiary/aromatic N) is 2. The van der Waals surface area contributed by atoms with Gasteiger partial charge in [0, 0.05) is 23.3 Å². The number of furan rings is 1. The van der Waals surface area contributed by atoms with Crippen molar-refractivity contribution in [1.29, 1.82) is 0 Å². The van der Waals surface area contributed by atoms with Crippen molar-refractivity contribution in [2.45, 2.75) is 24.6 Å². The fourth-order valence-electron chi connectivity index (χ4n) is 5.12. The Bertz CT molecular complexity index is 2170. The molecule has 0 radical (unpaired) electrons. The van der Waals surface area contributed by atoms with E-state index in [0.29, 0.717) is 34.5 Å². The molecular weight excluding hydrogens is 561 g/mol. The van der Waals surface area contributed by atoms with Crippen LogP contribution in [0.5, 0.6) is 0 Å². The summed E-state index contributed by atoms with van der Waals surface area (Å²) in [5, 5.41) is 0.0833. The molecule has 1 fully saturated rings. The molecule has 1 saturated carbocycles. The van der Waals surface area contributed by atoms with Gasteiger partial charge in [-0.2, -0.15) is 0 Å². The number of halogens is 2. The predicted molar refractivity (Wildman–Crippen MR) is 147 cm³/mol. The van der Waals surface area contributed by atoms with Gasteiger partial charge in [-0.1, -0.05) is 11.6 Å². The topological polar surface area (TPSA) is 143 Å². The Kier molecular flexibility index (Phi) is 5.41. The molecule has 1 aliphatic rings. The van der Waals surface area contributed by atoms with Gasteiger partial charge in [-0.25, -0.2) is 22.5 Å². The van der Waals surface area contributed by atoms with Gasteiger partial charge >= 0.3 is 0 Å². The molecule has 40 heavy (non-hydrogen) atoms. The highest BCUT2D eigenvalue weighted by molar-refractivity contribution is 7.91. The maximum absolute atomic E-state index is 15.3. The van der Waals surface area contributed by atoms with Crippen molar-refractivity contribution in [1.82, 2.24) is 24.2 Å². The Morgan fingerprint density at radius 3 is 2.83 bits per heavy atom. The third-order valence-electron chi connectivity index (χ3n) is 7.13. The third-order valence-corrected chi connectivity index (χ3v) is 9.31. The van der Waals surface area contributed by atoms with Gasteiger partial charge in [0.1, 0.15) is 17.1 Å². The normalized spacial score (nSPS) is 13.9. The number of nitrogens with one attached hydrogen (secondary N) is 3. The Balaban J connectivity index is 1.57. The maximum atomic E-state index is 15.3. The number of hydrogen-bond donors (Lipinski definition) is 3. The van der Waals surface area contributed by atoms with Crippen molar-refractivity contribution in [3.8, 4) is 11.1 Å². The SMILES string of the molecule is O=C(NS(=O)(=O)C1CC1)c1c(-c2ccc[nH]c2=O)c2c3occc3c(F)cc2n1Cc1cc2[nH]cnc2cc1Cl. The van der Waals surface area contributed by atoms with Crippen molar-refractivity contribution in [3.05, 3.63) is 87.6 Å². The smallest absolute Gasteiger partial charge is 0.282 e. The number of sulfonamides is 1. The lowest BCUT2D eigenvalue weighted by Crippen LogP contribution is -2.35. The van der Waals surface area contributed by atoms with Crippen LogP contribution in [0.2, 0.25) is 5.02 Å².